The fraction of sp³-hybridized carbons (Fsp3) is 0.417. The van der Waals surface area contributed by atoms with Crippen LogP contribution in [0.2, 0.25) is 0 Å². The number of carbonyl (C=O) groups is 1. The SMILES string of the molecule is Cc1cccc2c1C(=O)N(CCF)C2C. The van der Waals surface area contributed by atoms with Gasteiger partial charge in [-0.1, -0.05) is 18.2 Å². The number of amides is 1. The van der Waals surface area contributed by atoms with Gasteiger partial charge in [-0.25, -0.2) is 4.39 Å². The molecule has 1 heterocycles. The average Bonchev–Trinajstić information content (AvgIpc) is 2.45. The smallest absolute Gasteiger partial charge is 0.255 e. The molecule has 1 aromatic rings. The highest BCUT2D eigenvalue weighted by molar-refractivity contribution is 6.00. The minimum absolute atomic E-state index is 0.00292. The molecule has 2 nitrogen and oxygen atoms in total. The molecule has 0 fully saturated rings. The van der Waals surface area contributed by atoms with Gasteiger partial charge in [0.15, 0.2) is 0 Å². The largest absolute Gasteiger partial charge is 0.329 e. The Morgan fingerprint density at radius 3 is 2.80 bits per heavy atom. The number of benzene rings is 1. The van der Waals surface area contributed by atoms with Crippen molar-refractivity contribution in [2.24, 2.45) is 0 Å². The van der Waals surface area contributed by atoms with Crippen LogP contribution in [-0.2, 0) is 0 Å². The molecular formula is C12H14FNO. The Bertz CT molecular complexity index is 403. The van der Waals surface area contributed by atoms with Crippen LogP contribution in [0.1, 0.15) is 34.5 Å². The van der Waals surface area contributed by atoms with Gasteiger partial charge < -0.3 is 4.90 Å². The summed E-state index contributed by atoms with van der Waals surface area (Å²) in [5.74, 6) is -0.0340. The maximum Gasteiger partial charge on any atom is 0.255 e. The highest BCUT2D eigenvalue weighted by Crippen LogP contribution is 2.34. The molecule has 0 spiro atoms. The molecule has 1 unspecified atom stereocenters. The van der Waals surface area contributed by atoms with Gasteiger partial charge in [-0.3, -0.25) is 4.79 Å². The van der Waals surface area contributed by atoms with E-state index < -0.39 is 6.67 Å². The minimum Gasteiger partial charge on any atom is -0.329 e. The van der Waals surface area contributed by atoms with Crippen LogP contribution in [0.3, 0.4) is 0 Å². The molecule has 0 aromatic heterocycles. The van der Waals surface area contributed by atoms with Crippen LogP contribution in [0.15, 0.2) is 18.2 Å². The Balaban J connectivity index is 2.46. The zero-order chi connectivity index (χ0) is 11.0. The lowest BCUT2D eigenvalue weighted by Gasteiger charge is -2.20. The first kappa shape index (κ1) is 10.1. The third-order valence-electron chi connectivity index (χ3n) is 3.02. The highest BCUT2D eigenvalue weighted by atomic mass is 19.1. The first-order valence-corrected chi connectivity index (χ1v) is 5.13. The third-order valence-corrected chi connectivity index (χ3v) is 3.02. The van der Waals surface area contributed by atoms with Crippen molar-refractivity contribution in [1.29, 1.82) is 0 Å². The lowest BCUT2D eigenvalue weighted by atomic mass is 10.0. The molecule has 1 aliphatic heterocycles. The van der Waals surface area contributed by atoms with Gasteiger partial charge in [0.1, 0.15) is 6.67 Å². The summed E-state index contributed by atoms with van der Waals surface area (Å²) in [6, 6.07) is 5.81. The van der Waals surface area contributed by atoms with Crippen LogP contribution in [0.5, 0.6) is 0 Å². The summed E-state index contributed by atoms with van der Waals surface area (Å²) < 4.78 is 12.3. The first-order chi connectivity index (χ1) is 7.16. The number of nitrogens with zero attached hydrogens (tertiary/aromatic N) is 1. The molecule has 0 saturated heterocycles. The Morgan fingerprint density at radius 2 is 2.20 bits per heavy atom. The van der Waals surface area contributed by atoms with Crippen molar-refractivity contribution >= 4 is 5.91 Å². The second-order valence-corrected chi connectivity index (χ2v) is 3.90. The molecule has 1 aliphatic rings. The normalized spacial score (nSPS) is 19.5. The van der Waals surface area contributed by atoms with Gasteiger partial charge in [-0.15, -0.1) is 0 Å². The molecule has 80 valence electrons. The maximum atomic E-state index is 12.3. The molecule has 15 heavy (non-hydrogen) atoms. The Labute approximate surface area is 88.7 Å². The van der Waals surface area contributed by atoms with Gasteiger partial charge >= 0.3 is 0 Å². The summed E-state index contributed by atoms with van der Waals surface area (Å²) in [5.41, 5.74) is 2.76. The van der Waals surface area contributed by atoms with E-state index in [-0.39, 0.29) is 18.5 Å². The van der Waals surface area contributed by atoms with Gasteiger partial charge in [0.05, 0.1) is 6.04 Å². The van der Waals surface area contributed by atoms with Gasteiger partial charge in [0, 0.05) is 12.1 Å². The Hall–Kier alpha value is -1.38. The van der Waals surface area contributed by atoms with Crippen molar-refractivity contribution in [2.75, 3.05) is 13.2 Å². The monoisotopic (exact) mass is 207 g/mol. The number of halogens is 1. The zero-order valence-corrected chi connectivity index (χ0v) is 8.96. The molecule has 0 bridgehead atoms. The third kappa shape index (κ3) is 1.42. The number of hydrogen-bond acceptors (Lipinski definition) is 1. The maximum absolute atomic E-state index is 12.3. The summed E-state index contributed by atoms with van der Waals surface area (Å²) >= 11 is 0. The van der Waals surface area contributed by atoms with E-state index in [1.54, 1.807) is 4.90 Å². The quantitative estimate of drug-likeness (QED) is 0.729. The molecule has 3 heteroatoms. The first-order valence-electron chi connectivity index (χ1n) is 5.13. The summed E-state index contributed by atoms with van der Waals surface area (Å²) in [6.45, 7) is 3.57. The number of alkyl halides is 1. The van der Waals surface area contributed by atoms with Crippen LogP contribution in [0.4, 0.5) is 4.39 Å². The molecule has 1 aromatic carbocycles. The van der Waals surface area contributed by atoms with Crippen molar-refractivity contribution in [2.45, 2.75) is 19.9 Å². The van der Waals surface area contributed by atoms with Crippen molar-refractivity contribution < 1.29 is 9.18 Å². The summed E-state index contributed by atoms with van der Waals surface area (Å²) in [7, 11) is 0. The molecular weight excluding hydrogens is 193 g/mol. The summed E-state index contributed by atoms with van der Waals surface area (Å²) in [5, 5.41) is 0. The summed E-state index contributed by atoms with van der Waals surface area (Å²) in [4.78, 5) is 13.6. The Kier molecular flexibility index (Phi) is 2.47. The number of carbonyl (C=O) groups excluding carboxylic acids is 1. The zero-order valence-electron chi connectivity index (χ0n) is 8.96. The van der Waals surface area contributed by atoms with E-state index in [1.165, 1.54) is 0 Å². The van der Waals surface area contributed by atoms with Crippen LogP contribution in [0, 0.1) is 6.92 Å². The van der Waals surface area contributed by atoms with Crippen LogP contribution in [-0.4, -0.2) is 24.0 Å². The van der Waals surface area contributed by atoms with Gasteiger partial charge in [-0.2, -0.15) is 0 Å². The fourth-order valence-electron chi connectivity index (χ4n) is 2.20. The highest BCUT2D eigenvalue weighted by Gasteiger charge is 2.34. The van der Waals surface area contributed by atoms with Crippen molar-refractivity contribution in [3.63, 3.8) is 0 Å². The molecule has 2 rings (SSSR count). The van der Waals surface area contributed by atoms with E-state index in [1.807, 2.05) is 32.0 Å². The number of rotatable bonds is 2. The van der Waals surface area contributed by atoms with E-state index in [2.05, 4.69) is 0 Å². The van der Waals surface area contributed by atoms with E-state index in [0.717, 1.165) is 16.7 Å². The fourth-order valence-corrected chi connectivity index (χ4v) is 2.20. The average molecular weight is 207 g/mol. The van der Waals surface area contributed by atoms with E-state index in [4.69, 9.17) is 0 Å². The van der Waals surface area contributed by atoms with Crippen LogP contribution >= 0.6 is 0 Å². The molecule has 1 atom stereocenters. The van der Waals surface area contributed by atoms with Crippen LogP contribution < -0.4 is 0 Å². The van der Waals surface area contributed by atoms with Gasteiger partial charge in [0.25, 0.3) is 5.91 Å². The lowest BCUT2D eigenvalue weighted by Crippen LogP contribution is -2.28. The molecule has 1 amide bonds. The van der Waals surface area contributed by atoms with Gasteiger partial charge in [0.2, 0.25) is 0 Å². The van der Waals surface area contributed by atoms with Crippen molar-refractivity contribution in [3.05, 3.63) is 34.9 Å². The molecule has 0 aliphatic carbocycles. The predicted octanol–water partition coefficient (Wildman–Crippen LogP) is 2.48. The van der Waals surface area contributed by atoms with Gasteiger partial charge in [-0.05, 0) is 25.0 Å². The van der Waals surface area contributed by atoms with Crippen LogP contribution in [0.25, 0.3) is 0 Å². The van der Waals surface area contributed by atoms with E-state index >= 15 is 0 Å². The summed E-state index contributed by atoms with van der Waals surface area (Å²) in [6.07, 6.45) is 0. The lowest BCUT2D eigenvalue weighted by molar-refractivity contribution is 0.0724. The predicted molar refractivity (Wildman–Crippen MR) is 56.6 cm³/mol. The molecule has 0 radical (unpaired) electrons. The number of hydrogen-bond donors (Lipinski definition) is 0. The molecule has 0 N–H and O–H groups in total. The van der Waals surface area contributed by atoms with E-state index in [0.29, 0.717) is 0 Å². The molecule has 0 saturated carbocycles. The Morgan fingerprint density at radius 1 is 1.47 bits per heavy atom. The number of aryl methyl sites for hydroxylation is 1. The topological polar surface area (TPSA) is 20.3 Å². The van der Waals surface area contributed by atoms with Crippen molar-refractivity contribution in [3.8, 4) is 0 Å². The second kappa shape index (κ2) is 3.65. The van der Waals surface area contributed by atoms with Crippen molar-refractivity contribution in [1.82, 2.24) is 4.90 Å². The minimum atomic E-state index is -0.483. The standard InChI is InChI=1S/C12H14FNO/c1-8-4-3-5-10-9(2)14(7-6-13)12(15)11(8)10/h3-5,9H,6-7H2,1-2H3. The second-order valence-electron chi connectivity index (χ2n) is 3.90. The number of fused-ring (bicyclic) bond motifs is 1. The van der Waals surface area contributed by atoms with E-state index in [9.17, 15) is 9.18 Å².